The SMILES string of the molecule is CCCC[C@H]1CC[C@H](c2ccc3cc(CCC)ccc3c2)CC1. The van der Waals surface area contributed by atoms with E-state index in [9.17, 15) is 0 Å². The molecule has 0 saturated heterocycles. The van der Waals surface area contributed by atoms with E-state index in [1.165, 1.54) is 74.1 Å². The second-order valence-corrected chi connectivity index (χ2v) is 7.55. The molecular weight excluding hydrogens is 276 g/mol. The molecule has 1 aliphatic rings. The van der Waals surface area contributed by atoms with Gasteiger partial charge in [-0.15, -0.1) is 0 Å². The summed E-state index contributed by atoms with van der Waals surface area (Å²) in [6, 6.07) is 14.2. The summed E-state index contributed by atoms with van der Waals surface area (Å²) in [6.07, 6.45) is 12.3. The van der Waals surface area contributed by atoms with Crippen molar-refractivity contribution in [1.82, 2.24) is 0 Å². The van der Waals surface area contributed by atoms with E-state index in [1.54, 1.807) is 5.56 Å². The highest BCUT2D eigenvalue weighted by Gasteiger charge is 2.22. The Morgan fingerprint density at radius 3 is 2.30 bits per heavy atom. The Labute approximate surface area is 142 Å². The van der Waals surface area contributed by atoms with Crippen LogP contribution in [0.15, 0.2) is 36.4 Å². The molecule has 1 aliphatic carbocycles. The Morgan fingerprint density at radius 1 is 0.826 bits per heavy atom. The third-order valence-corrected chi connectivity index (χ3v) is 5.75. The zero-order valence-electron chi connectivity index (χ0n) is 15.0. The summed E-state index contributed by atoms with van der Waals surface area (Å²) in [5.74, 6) is 1.80. The molecule has 3 rings (SSSR count). The van der Waals surface area contributed by atoms with E-state index in [2.05, 4.69) is 50.2 Å². The minimum absolute atomic E-state index is 0.799. The van der Waals surface area contributed by atoms with Crippen molar-refractivity contribution >= 4 is 10.8 Å². The van der Waals surface area contributed by atoms with Crippen LogP contribution in [-0.2, 0) is 6.42 Å². The van der Waals surface area contributed by atoms with Crippen molar-refractivity contribution in [2.24, 2.45) is 5.92 Å². The van der Waals surface area contributed by atoms with Crippen LogP contribution in [0.25, 0.3) is 10.8 Å². The average molecular weight is 309 g/mol. The molecule has 0 spiro atoms. The lowest BCUT2D eigenvalue weighted by Crippen LogP contribution is -2.13. The number of hydrogen-bond donors (Lipinski definition) is 0. The predicted octanol–water partition coefficient (Wildman–Crippen LogP) is 7.26. The fraction of sp³-hybridized carbons (Fsp3) is 0.565. The van der Waals surface area contributed by atoms with Crippen molar-refractivity contribution in [3.05, 3.63) is 47.5 Å². The zero-order chi connectivity index (χ0) is 16.1. The summed E-state index contributed by atoms with van der Waals surface area (Å²) in [6.45, 7) is 4.57. The molecule has 0 radical (unpaired) electrons. The van der Waals surface area contributed by atoms with Crippen LogP contribution >= 0.6 is 0 Å². The Balaban J connectivity index is 1.68. The number of aryl methyl sites for hydroxylation is 1. The largest absolute Gasteiger partial charge is 0.0654 e. The van der Waals surface area contributed by atoms with Crippen LogP contribution < -0.4 is 0 Å². The summed E-state index contributed by atoms with van der Waals surface area (Å²) in [5.41, 5.74) is 3.05. The predicted molar refractivity (Wildman–Crippen MR) is 102 cm³/mol. The molecule has 0 unspecified atom stereocenters. The Bertz CT molecular complexity index is 617. The van der Waals surface area contributed by atoms with Crippen LogP contribution in [0.1, 0.15) is 82.3 Å². The van der Waals surface area contributed by atoms with E-state index in [1.807, 2.05) is 0 Å². The van der Waals surface area contributed by atoms with Gasteiger partial charge in [-0.25, -0.2) is 0 Å². The minimum Gasteiger partial charge on any atom is -0.0654 e. The smallest absolute Gasteiger partial charge is 0.0162 e. The fourth-order valence-electron chi connectivity index (χ4n) is 4.29. The topological polar surface area (TPSA) is 0 Å². The van der Waals surface area contributed by atoms with E-state index < -0.39 is 0 Å². The summed E-state index contributed by atoms with van der Waals surface area (Å²) >= 11 is 0. The van der Waals surface area contributed by atoms with E-state index in [-0.39, 0.29) is 0 Å². The molecule has 1 fully saturated rings. The van der Waals surface area contributed by atoms with Crippen LogP contribution in [0.3, 0.4) is 0 Å². The molecule has 2 aromatic carbocycles. The molecule has 0 atom stereocenters. The van der Waals surface area contributed by atoms with Gasteiger partial charge in [-0.3, -0.25) is 0 Å². The molecule has 0 heterocycles. The van der Waals surface area contributed by atoms with Gasteiger partial charge in [0.25, 0.3) is 0 Å². The quantitative estimate of drug-likeness (QED) is 0.527. The molecule has 0 bridgehead atoms. The maximum atomic E-state index is 2.46. The van der Waals surface area contributed by atoms with Crippen LogP contribution in [0, 0.1) is 5.92 Å². The van der Waals surface area contributed by atoms with Gasteiger partial charge in [-0.05, 0) is 65.8 Å². The second kappa shape index (κ2) is 7.99. The molecule has 0 amide bonds. The monoisotopic (exact) mass is 308 g/mol. The zero-order valence-corrected chi connectivity index (χ0v) is 15.0. The lowest BCUT2D eigenvalue weighted by Gasteiger charge is -2.29. The van der Waals surface area contributed by atoms with Gasteiger partial charge in [0.1, 0.15) is 0 Å². The number of unbranched alkanes of at least 4 members (excludes halogenated alkanes) is 1. The Hall–Kier alpha value is -1.30. The van der Waals surface area contributed by atoms with Gasteiger partial charge in [-0.1, -0.05) is 75.9 Å². The molecule has 0 aliphatic heterocycles. The molecule has 1 saturated carbocycles. The van der Waals surface area contributed by atoms with Crippen LogP contribution in [0.2, 0.25) is 0 Å². The van der Waals surface area contributed by atoms with Gasteiger partial charge in [0.15, 0.2) is 0 Å². The molecule has 0 heteroatoms. The minimum atomic E-state index is 0.799. The second-order valence-electron chi connectivity index (χ2n) is 7.55. The Kier molecular flexibility index (Phi) is 5.75. The first-order chi connectivity index (χ1) is 11.3. The number of benzene rings is 2. The average Bonchev–Trinajstić information content (AvgIpc) is 2.60. The maximum Gasteiger partial charge on any atom is -0.0162 e. The van der Waals surface area contributed by atoms with Gasteiger partial charge in [0.05, 0.1) is 0 Å². The molecule has 23 heavy (non-hydrogen) atoms. The molecule has 0 N–H and O–H groups in total. The molecule has 2 aromatic rings. The first kappa shape index (κ1) is 16.6. The summed E-state index contributed by atoms with van der Waals surface area (Å²) < 4.78 is 0. The van der Waals surface area contributed by atoms with Crippen LogP contribution in [-0.4, -0.2) is 0 Å². The number of hydrogen-bond acceptors (Lipinski definition) is 0. The van der Waals surface area contributed by atoms with Crippen molar-refractivity contribution in [3.8, 4) is 0 Å². The van der Waals surface area contributed by atoms with Crippen molar-refractivity contribution in [1.29, 1.82) is 0 Å². The maximum absolute atomic E-state index is 2.46. The number of fused-ring (bicyclic) bond motifs is 1. The van der Waals surface area contributed by atoms with Crippen molar-refractivity contribution in [2.75, 3.05) is 0 Å². The molecule has 124 valence electrons. The van der Waals surface area contributed by atoms with E-state index in [4.69, 9.17) is 0 Å². The third-order valence-electron chi connectivity index (χ3n) is 5.75. The highest BCUT2D eigenvalue weighted by molar-refractivity contribution is 5.84. The van der Waals surface area contributed by atoms with Gasteiger partial charge >= 0.3 is 0 Å². The van der Waals surface area contributed by atoms with Gasteiger partial charge < -0.3 is 0 Å². The number of rotatable bonds is 6. The van der Waals surface area contributed by atoms with Gasteiger partial charge in [0, 0.05) is 0 Å². The lowest BCUT2D eigenvalue weighted by atomic mass is 9.77. The summed E-state index contributed by atoms with van der Waals surface area (Å²) in [5, 5.41) is 2.84. The van der Waals surface area contributed by atoms with Crippen molar-refractivity contribution < 1.29 is 0 Å². The Morgan fingerprint density at radius 2 is 1.57 bits per heavy atom. The third kappa shape index (κ3) is 4.16. The van der Waals surface area contributed by atoms with E-state index in [0.717, 1.165) is 11.8 Å². The van der Waals surface area contributed by atoms with Gasteiger partial charge in [0.2, 0.25) is 0 Å². The molecule has 0 aromatic heterocycles. The van der Waals surface area contributed by atoms with Crippen LogP contribution in [0.5, 0.6) is 0 Å². The summed E-state index contributed by atoms with van der Waals surface area (Å²) in [7, 11) is 0. The van der Waals surface area contributed by atoms with Gasteiger partial charge in [-0.2, -0.15) is 0 Å². The molecule has 0 nitrogen and oxygen atoms in total. The molecular formula is C23H32. The highest BCUT2D eigenvalue weighted by Crippen LogP contribution is 2.38. The van der Waals surface area contributed by atoms with Crippen molar-refractivity contribution in [2.45, 2.75) is 77.6 Å². The first-order valence-corrected chi connectivity index (χ1v) is 9.82. The van der Waals surface area contributed by atoms with E-state index in [0.29, 0.717) is 0 Å². The normalized spacial score (nSPS) is 21.7. The van der Waals surface area contributed by atoms with Crippen molar-refractivity contribution in [3.63, 3.8) is 0 Å². The summed E-state index contributed by atoms with van der Waals surface area (Å²) in [4.78, 5) is 0. The lowest BCUT2D eigenvalue weighted by molar-refractivity contribution is 0.304. The fourth-order valence-corrected chi connectivity index (χ4v) is 4.29. The van der Waals surface area contributed by atoms with E-state index >= 15 is 0 Å². The standard InChI is InChI=1S/C23H32/c1-3-5-7-18-8-11-20(12-9-18)22-15-14-21-16-19(6-4-2)10-13-23(21)17-22/h10,13-18,20H,3-9,11-12H2,1-2H3/t18-,20-. The highest BCUT2D eigenvalue weighted by atomic mass is 14.3. The van der Waals surface area contributed by atoms with Crippen LogP contribution in [0.4, 0.5) is 0 Å². The first-order valence-electron chi connectivity index (χ1n) is 9.82.